The number of nitrogens with zero attached hydrogens (tertiary/aromatic N) is 4. The average Bonchev–Trinajstić information content (AvgIpc) is 3.44. The monoisotopic (exact) mass is 683 g/mol. The maximum atomic E-state index is 13.1. The Balaban J connectivity index is 0.000000513. The van der Waals surface area contributed by atoms with E-state index in [1.54, 1.807) is 14.1 Å². The predicted molar refractivity (Wildman–Crippen MR) is 190 cm³/mol. The van der Waals surface area contributed by atoms with Gasteiger partial charge in [-0.15, -0.1) is 5.11 Å². The molecule has 0 radical (unpaired) electrons. The molecule has 0 saturated heterocycles. The second-order valence-electron chi connectivity index (χ2n) is 13.5. The molecular weight excluding hydrogens is 630 g/mol. The molecule has 2 aromatic carbocycles. The fourth-order valence-corrected chi connectivity index (χ4v) is 5.84. The number of aromatic nitrogens is 2. The molecule has 4 N–H and O–H groups in total. The SMILES string of the molecule is CC(C)c1cc(C(C)C)c(CC(=O)NS(=O)(=O)Oc2c(C(C)C)cccc2C(C)C)c(C(C)C)c1.CN(C)N=Nc1nc[nH]c1C(N)=O. The van der Waals surface area contributed by atoms with Gasteiger partial charge in [0.2, 0.25) is 11.7 Å². The number of carbonyl (C=O) groups is 2. The molecule has 0 aliphatic carbocycles. The van der Waals surface area contributed by atoms with Crippen molar-refractivity contribution >= 4 is 27.9 Å². The number of nitrogens with two attached hydrogens (primary N) is 1. The molecule has 0 fully saturated rings. The number of primary amides is 1. The fraction of sp³-hybridized carbons (Fsp3) is 0.514. The maximum absolute atomic E-state index is 13.1. The first-order chi connectivity index (χ1) is 22.2. The van der Waals surface area contributed by atoms with Crippen molar-refractivity contribution in [2.75, 3.05) is 14.1 Å². The van der Waals surface area contributed by atoms with E-state index < -0.39 is 22.1 Å². The topological polar surface area (TPSA) is 172 Å². The first-order valence-corrected chi connectivity index (χ1v) is 17.6. The number of carbonyl (C=O) groups excluding carboxylic acids is 2. The number of amides is 2. The largest absolute Gasteiger partial charge is 0.409 e. The van der Waals surface area contributed by atoms with Crippen LogP contribution in [0.25, 0.3) is 0 Å². The Morgan fingerprint density at radius 3 is 1.79 bits per heavy atom. The van der Waals surface area contributed by atoms with E-state index in [0.29, 0.717) is 11.7 Å². The Labute approximate surface area is 286 Å². The Hall–Kier alpha value is -4.26. The van der Waals surface area contributed by atoms with Crippen LogP contribution in [-0.2, 0) is 21.5 Å². The van der Waals surface area contributed by atoms with Gasteiger partial charge in [0.25, 0.3) is 5.91 Å². The molecule has 3 rings (SSSR count). The summed E-state index contributed by atoms with van der Waals surface area (Å²) >= 11 is 0. The second-order valence-corrected chi connectivity index (χ2v) is 14.7. The lowest BCUT2D eigenvalue weighted by Gasteiger charge is -2.23. The van der Waals surface area contributed by atoms with Crippen molar-refractivity contribution in [3.63, 3.8) is 0 Å². The van der Waals surface area contributed by atoms with Crippen molar-refractivity contribution in [1.82, 2.24) is 19.7 Å². The maximum Gasteiger partial charge on any atom is 0.409 e. The van der Waals surface area contributed by atoms with Crippen LogP contribution in [0.3, 0.4) is 0 Å². The lowest BCUT2D eigenvalue weighted by Crippen LogP contribution is -2.36. The number of benzene rings is 2. The molecule has 0 atom stereocenters. The summed E-state index contributed by atoms with van der Waals surface area (Å²) in [7, 11) is -0.936. The first-order valence-electron chi connectivity index (χ1n) is 16.2. The zero-order chi connectivity index (χ0) is 36.5. The van der Waals surface area contributed by atoms with Crippen molar-refractivity contribution in [2.24, 2.45) is 16.1 Å². The van der Waals surface area contributed by atoms with Gasteiger partial charge in [0.05, 0.1) is 12.7 Å². The van der Waals surface area contributed by atoms with E-state index in [-0.39, 0.29) is 41.6 Å². The van der Waals surface area contributed by atoms with Crippen LogP contribution < -0.4 is 14.6 Å². The molecular formula is C35H53N7O5S. The highest BCUT2D eigenvalue weighted by molar-refractivity contribution is 7.85. The number of imidazole rings is 1. The molecule has 2 amide bonds. The lowest BCUT2D eigenvalue weighted by molar-refractivity contribution is -0.118. The number of hydrogen-bond acceptors (Lipinski definition) is 8. The molecule has 0 bridgehead atoms. The van der Waals surface area contributed by atoms with Crippen LogP contribution in [-0.4, -0.2) is 49.3 Å². The van der Waals surface area contributed by atoms with Gasteiger partial charge in [-0.2, -0.15) is 8.42 Å². The minimum absolute atomic E-state index is 0.0230. The third-order valence-electron chi connectivity index (χ3n) is 7.53. The summed E-state index contributed by atoms with van der Waals surface area (Å²) in [6, 6.07) is 9.95. The molecule has 0 saturated carbocycles. The molecule has 12 nitrogen and oxygen atoms in total. The highest BCUT2D eigenvalue weighted by Gasteiger charge is 2.25. The van der Waals surface area contributed by atoms with Crippen molar-refractivity contribution < 1.29 is 22.2 Å². The molecule has 264 valence electrons. The van der Waals surface area contributed by atoms with Crippen molar-refractivity contribution in [2.45, 2.75) is 105 Å². The second kappa shape index (κ2) is 17.2. The molecule has 0 spiro atoms. The van der Waals surface area contributed by atoms with Gasteiger partial charge in [-0.1, -0.05) is 105 Å². The third kappa shape index (κ3) is 11.2. The lowest BCUT2D eigenvalue weighted by atomic mass is 9.83. The van der Waals surface area contributed by atoms with Gasteiger partial charge in [-0.3, -0.25) is 14.6 Å². The van der Waals surface area contributed by atoms with Gasteiger partial charge in [0, 0.05) is 14.1 Å². The van der Waals surface area contributed by atoms with E-state index in [1.165, 1.54) is 16.9 Å². The van der Waals surface area contributed by atoms with E-state index in [1.807, 2.05) is 45.9 Å². The van der Waals surface area contributed by atoms with Gasteiger partial charge in [-0.05, 0) is 63.0 Å². The molecule has 1 aromatic heterocycles. The number of nitrogens with one attached hydrogen (secondary N) is 2. The standard InChI is InChI=1S/C29H43NO4S.C6H10N6O/c1-17(2)22-14-25(20(7)8)27(26(15-22)21(9)10)16-28(31)30-35(32,33)34-29-23(18(3)4)12-11-13-24(29)19(5)6;1-12(2)11-10-6-4(5(7)13)8-3-9-6/h11-15,17-21H,16H2,1-10H3,(H,30,31);3H,1-2H3,(H2,7,13)(H,8,9). The number of aromatic amines is 1. The molecule has 0 unspecified atom stereocenters. The Morgan fingerprint density at radius 2 is 1.38 bits per heavy atom. The molecule has 48 heavy (non-hydrogen) atoms. The highest BCUT2D eigenvalue weighted by atomic mass is 32.2. The zero-order valence-electron chi connectivity index (χ0n) is 30.4. The Kier molecular flexibility index (Phi) is 14.3. The van der Waals surface area contributed by atoms with Crippen LogP contribution in [0.15, 0.2) is 47.0 Å². The Bertz CT molecular complexity index is 1640. The van der Waals surface area contributed by atoms with Crippen LogP contribution >= 0.6 is 0 Å². The molecule has 3 aromatic rings. The summed E-state index contributed by atoms with van der Waals surface area (Å²) in [6.07, 6.45) is 1.31. The van der Waals surface area contributed by atoms with Crippen LogP contribution in [0, 0.1) is 0 Å². The van der Waals surface area contributed by atoms with E-state index in [9.17, 15) is 18.0 Å². The van der Waals surface area contributed by atoms with Gasteiger partial charge >= 0.3 is 10.3 Å². The van der Waals surface area contributed by atoms with E-state index in [0.717, 1.165) is 27.8 Å². The van der Waals surface area contributed by atoms with Crippen LogP contribution in [0.5, 0.6) is 5.75 Å². The van der Waals surface area contributed by atoms with Gasteiger partial charge < -0.3 is 14.9 Å². The van der Waals surface area contributed by atoms with Crippen LogP contribution in [0.1, 0.15) is 143 Å². The van der Waals surface area contributed by atoms with Gasteiger partial charge in [0.1, 0.15) is 0 Å². The third-order valence-corrected chi connectivity index (χ3v) is 8.39. The highest BCUT2D eigenvalue weighted by Crippen LogP contribution is 2.36. The number of H-pyrrole nitrogens is 1. The van der Waals surface area contributed by atoms with Crippen LogP contribution in [0.4, 0.5) is 5.82 Å². The summed E-state index contributed by atoms with van der Waals surface area (Å²) in [5.74, 6) is 0.197. The number of para-hydroxylation sites is 1. The average molecular weight is 684 g/mol. The minimum Gasteiger partial charge on any atom is -0.366 e. The number of rotatable bonds is 13. The van der Waals surface area contributed by atoms with Crippen molar-refractivity contribution in [1.29, 1.82) is 0 Å². The van der Waals surface area contributed by atoms with E-state index >= 15 is 0 Å². The first kappa shape index (κ1) is 39.9. The molecule has 0 aliphatic heterocycles. The van der Waals surface area contributed by atoms with E-state index in [4.69, 9.17) is 9.92 Å². The molecule has 13 heteroatoms. The molecule has 0 aliphatic rings. The fourth-order valence-electron chi connectivity index (χ4n) is 5.03. The molecule has 1 heterocycles. The summed E-state index contributed by atoms with van der Waals surface area (Å²) in [4.78, 5) is 30.2. The van der Waals surface area contributed by atoms with E-state index in [2.05, 4.69) is 78.7 Å². The summed E-state index contributed by atoms with van der Waals surface area (Å²) in [5.41, 5.74) is 11.1. The zero-order valence-corrected chi connectivity index (χ0v) is 31.2. The summed E-state index contributed by atoms with van der Waals surface area (Å²) < 4.78 is 33.7. The van der Waals surface area contributed by atoms with Crippen molar-refractivity contribution in [3.8, 4) is 5.75 Å². The minimum atomic E-state index is -4.35. The number of hydrogen-bond donors (Lipinski definition) is 3. The summed E-state index contributed by atoms with van der Waals surface area (Å²) in [6.45, 7) is 20.6. The quantitative estimate of drug-likeness (QED) is 0.125. The van der Waals surface area contributed by atoms with Crippen molar-refractivity contribution in [3.05, 3.63) is 75.7 Å². The smallest absolute Gasteiger partial charge is 0.366 e. The Morgan fingerprint density at radius 1 is 0.875 bits per heavy atom. The summed E-state index contributed by atoms with van der Waals surface area (Å²) in [5, 5.41) is 8.86. The van der Waals surface area contributed by atoms with Gasteiger partial charge in [-0.25, -0.2) is 9.71 Å². The van der Waals surface area contributed by atoms with Crippen LogP contribution in [0.2, 0.25) is 0 Å². The predicted octanol–water partition coefficient (Wildman–Crippen LogP) is 7.36. The van der Waals surface area contributed by atoms with Gasteiger partial charge in [0.15, 0.2) is 11.4 Å². The normalized spacial score (nSPS) is 11.9.